The molecule has 0 unspecified atom stereocenters. The predicted octanol–water partition coefficient (Wildman–Crippen LogP) is 6.76. The highest BCUT2D eigenvalue weighted by molar-refractivity contribution is 6.21. The van der Waals surface area contributed by atoms with Crippen LogP contribution < -0.4 is 10.7 Å². The highest BCUT2D eigenvalue weighted by Crippen LogP contribution is 2.35. The van der Waals surface area contributed by atoms with Crippen molar-refractivity contribution in [3.8, 4) is 23.5 Å². The zero-order valence-corrected chi connectivity index (χ0v) is 18.7. The van der Waals surface area contributed by atoms with E-state index in [9.17, 15) is 28.1 Å². The molecule has 0 radical (unpaired) electrons. The predicted molar refractivity (Wildman–Crippen MR) is 132 cm³/mol. The van der Waals surface area contributed by atoms with Crippen molar-refractivity contribution >= 4 is 43.1 Å². The average molecular weight is 492 g/mol. The molecule has 0 aromatic heterocycles. The first-order valence-electron chi connectivity index (χ1n) is 11.0. The quantitative estimate of drug-likeness (QED) is 0.188. The Balaban J connectivity index is 1.67. The Hall–Kier alpha value is -5.08. The van der Waals surface area contributed by atoms with E-state index < -0.39 is 17.6 Å². The van der Waals surface area contributed by atoms with Crippen molar-refractivity contribution in [3.05, 3.63) is 94.9 Å². The Morgan fingerprint density at radius 2 is 1.03 bits per heavy atom. The van der Waals surface area contributed by atoms with Crippen LogP contribution in [-0.4, -0.2) is 0 Å². The van der Waals surface area contributed by atoms with E-state index in [0.717, 1.165) is 28.3 Å². The summed E-state index contributed by atoms with van der Waals surface area (Å²) in [5.41, 5.74) is 0.525. The zero-order valence-electron chi connectivity index (χ0n) is 18.7. The minimum atomic E-state index is -4.43. The van der Waals surface area contributed by atoms with Crippen molar-refractivity contribution in [2.75, 3.05) is 0 Å². The van der Waals surface area contributed by atoms with E-state index in [2.05, 4.69) is 9.98 Å². The third-order valence-corrected chi connectivity index (χ3v) is 6.63. The molecule has 0 amide bonds. The first kappa shape index (κ1) is 22.4. The van der Waals surface area contributed by atoms with Gasteiger partial charge >= 0.3 is 6.18 Å². The molecule has 0 saturated carbocycles. The van der Waals surface area contributed by atoms with Crippen molar-refractivity contribution in [1.82, 2.24) is 0 Å². The number of rotatable bonds is 1. The van der Waals surface area contributed by atoms with E-state index >= 15 is 0 Å². The SMILES string of the molecule is N#C/N=c1\c2cc(F)ccc2c2cc3/c(=N/C#N)c4cc(-c5ccc(C(F)(F)F)cc5)ccc4c3cc12. The number of nitriles is 2. The van der Waals surface area contributed by atoms with E-state index in [1.54, 1.807) is 24.4 Å². The lowest BCUT2D eigenvalue weighted by Crippen LogP contribution is -2.04. The Labute approximate surface area is 206 Å². The summed E-state index contributed by atoms with van der Waals surface area (Å²) in [5.74, 6) is -0.447. The molecule has 0 heterocycles. The van der Waals surface area contributed by atoms with Gasteiger partial charge in [0.25, 0.3) is 0 Å². The number of alkyl halides is 3. The molecule has 0 bridgehead atoms. The standard InChI is InChI=1S/C29H12F4N4/c30-18-6-8-20-22-12-25-21(11-26(22)28(37-14-35)24(20)10-18)19-7-3-16(9-23(19)27(25)36-13-34)15-1-4-17(5-2-15)29(31,32)33/h1-12H/b36-27+,37-28+. The average Bonchev–Trinajstić information content (AvgIpc) is 3.34. The van der Waals surface area contributed by atoms with Gasteiger partial charge < -0.3 is 0 Å². The fraction of sp³-hybridized carbons (Fsp3) is 0.0345. The molecule has 0 fully saturated rings. The number of halogens is 4. The maximum Gasteiger partial charge on any atom is 0.416 e. The summed E-state index contributed by atoms with van der Waals surface area (Å²) in [7, 11) is 0. The zero-order chi connectivity index (χ0) is 25.9. The van der Waals surface area contributed by atoms with Crippen molar-refractivity contribution in [2.24, 2.45) is 9.98 Å². The van der Waals surface area contributed by atoms with Crippen LogP contribution in [0.15, 0.2) is 82.8 Å². The lowest BCUT2D eigenvalue weighted by Gasteiger charge is -2.08. The molecule has 0 aliphatic carbocycles. The minimum Gasteiger partial charge on any atom is -0.207 e. The van der Waals surface area contributed by atoms with Gasteiger partial charge in [0.1, 0.15) is 5.82 Å². The molecule has 6 aromatic carbocycles. The number of hydrogen-bond acceptors (Lipinski definition) is 4. The summed E-state index contributed by atoms with van der Waals surface area (Å²) < 4.78 is 53.0. The maximum absolute atomic E-state index is 14.0. The minimum absolute atomic E-state index is 0.364. The smallest absolute Gasteiger partial charge is 0.207 e. The first-order valence-corrected chi connectivity index (χ1v) is 11.0. The third kappa shape index (κ3) is 3.42. The number of fused-ring (bicyclic) bond motifs is 6. The summed E-state index contributed by atoms with van der Waals surface area (Å²) in [4.78, 5) is 8.02. The lowest BCUT2D eigenvalue weighted by molar-refractivity contribution is -0.137. The molecule has 0 aliphatic heterocycles. The summed E-state index contributed by atoms with van der Waals surface area (Å²) in [6, 6.07) is 18.3. The molecular weight excluding hydrogens is 480 g/mol. The Morgan fingerprint density at radius 3 is 1.57 bits per heavy atom. The molecule has 37 heavy (non-hydrogen) atoms. The van der Waals surface area contributed by atoms with Gasteiger partial charge in [0.15, 0.2) is 0 Å². The van der Waals surface area contributed by atoms with Gasteiger partial charge in [-0.3, -0.25) is 0 Å². The molecule has 6 aromatic rings. The van der Waals surface area contributed by atoms with Crippen LogP contribution in [0.3, 0.4) is 0 Å². The molecule has 0 atom stereocenters. The number of benzene rings is 4. The van der Waals surface area contributed by atoms with Crippen LogP contribution in [0.2, 0.25) is 0 Å². The molecule has 8 heteroatoms. The monoisotopic (exact) mass is 492 g/mol. The van der Waals surface area contributed by atoms with Crippen LogP contribution in [0.5, 0.6) is 0 Å². The van der Waals surface area contributed by atoms with Crippen LogP contribution in [0.25, 0.3) is 54.2 Å². The van der Waals surface area contributed by atoms with E-state index in [1.807, 2.05) is 24.4 Å². The summed E-state index contributed by atoms with van der Waals surface area (Å²) in [5, 5.41) is 25.0. The van der Waals surface area contributed by atoms with Gasteiger partial charge in [-0.15, -0.1) is 0 Å². The van der Waals surface area contributed by atoms with Gasteiger partial charge in [-0.05, 0) is 75.1 Å². The lowest BCUT2D eigenvalue weighted by atomic mass is 10.0. The molecule has 0 saturated heterocycles. The normalized spacial score (nSPS) is 13.1. The molecule has 0 spiro atoms. The first-order chi connectivity index (χ1) is 17.8. The van der Waals surface area contributed by atoms with Crippen molar-refractivity contribution in [3.63, 3.8) is 0 Å². The van der Waals surface area contributed by atoms with Gasteiger partial charge in [-0.25, -0.2) is 4.39 Å². The van der Waals surface area contributed by atoms with E-state index in [1.165, 1.54) is 24.3 Å². The largest absolute Gasteiger partial charge is 0.416 e. The van der Waals surface area contributed by atoms with E-state index in [-0.39, 0.29) is 0 Å². The summed E-state index contributed by atoms with van der Waals surface area (Å²) in [6.07, 6.45) is -0.789. The molecule has 4 nitrogen and oxygen atoms in total. The fourth-order valence-electron chi connectivity index (χ4n) is 5.02. The topological polar surface area (TPSA) is 72.3 Å². The third-order valence-electron chi connectivity index (χ3n) is 6.63. The van der Waals surface area contributed by atoms with Gasteiger partial charge in [-0.1, -0.05) is 30.3 Å². The second-order valence-corrected chi connectivity index (χ2v) is 8.59. The van der Waals surface area contributed by atoms with E-state index in [0.29, 0.717) is 48.8 Å². The molecule has 0 aliphatic rings. The maximum atomic E-state index is 14.0. The van der Waals surface area contributed by atoms with Gasteiger partial charge in [0.05, 0.1) is 16.3 Å². The number of hydrogen-bond donors (Lipinski definition) is 0. The Kier molecular flexibility index (Phi) is 4.82. The van der Waals surface area contributed by atoms with Crippen molar-refractivity contribution < 1.29 is 17.6 Å². The van der Waals surface area contributed by atoms with Crippen LogP contribution in [0.1, 0.15) is 5.56 Å². The van der Waals surface area contributed by atoms with Gasteiger partial charge in [0, 0.05) is 21.5 Å². The van der Waals surface area contributed by atoms with Crippen molar-refractivity contribution in [2.45, 2.75) is 6.18 Å². The molecule has 6 rings (SSSR count). The van der Waals surface area contributed by atoms with Crippen LogP contribution in [0.4, 0.5) is 17.6 Å². The van der Waals surface area contributed by atoms with E-state index in [4.69, 9.17) is 0 Å². The van der Waals surface area contributed by atoms with Crippen LogP contribution in [0, 0.1) is 28.7 Å². The fourth-order valence-corrected chi connectivity index (χ4v) is 5.02. The van der Waals surface area contributed by atoms with Crippen LogP contribution >= 0.6 is 0 Å². The van der Waals surface area contributed by atoms with Gasteiger partial charge in [0.2, 0.25) is 12.4 Å². The van der Waals surface area contributed by atoms with Crippen LogP contribution in [-0.2, 0) is 6.18 Å². The Morgan fingerprint density at radius 1 is 0.541 bits per heavy atom. The summed E-state index contributed by atoms with van der Waals surface area (Å²) in [6.45, 7) is 0. The molecule has 0 N–H and O–H groups in total. The second-order valence-electron chi connectivity index (χ2n) is 8.59. The summed E-state index contributed by atoms with van der Waals surface area (Å²) >= 11 is 0. The van der Waals surface area contributed by atoms with Gasteiger partial charge in [-0.2, -0.15) is 33.7 Å². The second kappa shape index (κ2) is 7.97. The Bertz CT molecular complexity index is 2100. The highest BCUT2D eigenvalue weighted by Gasteiger charge is 2.30. The van der Waals surface area contributed by atoms with Crippen molar-refractivity contribution in [1.29, 1.82) is 10.5 Å². The number of nitrogens with zero attached hydrogens (tertiary/aromatic N) is 4. The highest BCUT2D eigenvalue weighted by atomic mass is 19.4. The molecular formula is C29H12F4N4. The molecule has 176 valence electrons.